The Morgan fingerprint density at radius 3 is 2.85 bits per heavy atom. The molecule has 2 fully saturated rings. The maximum atomic E-state index is 12.6. The maximum Gasteiger partial charge on any atom is 0.221 e. The second kappa shape index (κ2) is 8.33. The lowest BCUT2D eigenvalue weighted by atomic mass is 9.75. The number of ether oxygens (including phenoxy) is 1. The molecule has 1 aliphatic heterocycles. The Bertz CT molecular complexity index is 785. The van der Waals surface area contributed by atoms with Crippen LogP contribution < -0.4 is 5.32 Å². The van der Waals surface area contributed by atoms with Crippen molar-refractivity contribution < 1.29 is 14.6 Å². The van der Waals surface area contributed by atoms with E-state index in [4.69, 9.17) is 4.74 Å². The van der Waals surface area contributed by atoms with Crippen molar-refractivity contribution >= 4 is 16.8 Å². The van der Waals surface area contributed by atoms with Gasteiger partial charge in [-0.3, -0.25) is 14.7 Å². The molecule has 0 unspecified atom stereocenters. The van der Waals surface area contributed by atoms with Crippen molar-refractivity contribution in [2.75, 3.05) is 32.8 Å². The molecule has 0 spiro atoms. The quantitative estimate of drug-likeness (QED) is 0.813. The number of carbonyl (C=O) groups is 1. The summed E-state index contributed by atoms with van der Waals surface area (Å²) in [6, 6.07) is 10.0. The molecule has 1 saturated heterocycles. The van der Waals surface area contributed by atoms with Crippen LogP contribution in [0.15, 0.2) is 36.5 Å². The van der Waals surface area contributed by atoms with E-state index in [1.54, 1.807) is 0 Å². The number of pyridine rings is 1. The van der Waals surface area contributed by atoms with Crippen molar-refractivity contribution in [1.29, 1.82) is 0 Å². The predicted octanol–water partition coefficient (Wildman–Crippen LogP) is 1.89. The van der Waals surface area contributed by atoms with Gasteiger partial charge in [-0.1, -0.05) is 18.2 Å². The lowest BCUT2D eigenvalue weighted by molar-refractivity contribution is -0.123. The van der Waals surface area contributed by atoms with Gasteiger partial charge >= 0.3 is 0 Å². The van der Waals surface area contributed by atoms with E-state index >= 15 is 0 Å². The Morgan fingerprint density at radius 1 is 1.30 bits per heavy atom. The van der Waals surface area contributed by atoms with E-state index in [2.05, 4.69) is 21.3 Å². The van der Waals surface area contributed by atoms with Gasteiger partial charge in [0, 0.05) is 37.6 Å². The van der Waals surface area contributed by atoms with Crippen molar-refractivity contribution in [1.82, 2.24) is 15.2 Å². The number of morpholine rings is 1. The highest BCUT2D eigenvalue weighted by Crippen LogP contribution is 2.38. The molecule has 1 aromatic carbocycles. The zero-order valence-corrected chi connectivity index (χ0v) is 15.5. The van der Waals surface area contributed by atoms with Gasteiger partial charge < -0.3 is 15.2 Å². The van der Waals surface area contributed by atoms with Gasteiger partial charge in [0.2, 0.25) is 5.91 Å². The monoisotopic (exact) mass is 369 g/mol. The molecule has 0 radical (unpaired) electrons. The van der Waals surface area contributed by atoms with Crippen LogP contribution in [0.1, 0.15) is 30.9 Å². The number of carbonyl (C=O) groups excluding carboxylic acids is 1. The molecule has 27 heavy (non-hydrogen) atoms. The van der Waals surface area contributed by atoms with Gasteiger partial charge in [0.1, 0.15) is 0 Å². The zero-order chi connectivity index (χ0) is 18.6. The van der Waals surface area contributed by atoms with Gasteiger partial charge in [-0.25, -0.2) is 0 Å². The first kappa shape index (κ1) is 18.3. The standard InChI is InChI=1S/C21H27N3O3/c25-18-12-16(13-18)21(17-11-15-3-1-2-4-19(15)22-14-17)23-20(26)5-6-24-7-9-27-10-8-24/h1-4,11,14,16,18,21,25H,5-10,12-13H2,(H,23,26)/t16?,18?,21-/m0/s1. The summed E-state index contributed by atoms with van der Waals surface area (Å²) in [5, 5.41) is 14.0. The number of aliphatic hydroxyl groups is 1. The largest absolute Gasteiger partial charge is 0.393 e. The molecular formula is C21H27N3O3. The van der Waals surface area contributed by atoms with Gasteiger partial charge in [0.15, 0.2) is 0 Å². The third-order valence-electron chi connectivity index (χ3n) is 5.67. The number of hydrogen-bond donors (Lipinski definition) is 2. The SMILES string of the molecule is O=C(CCN1CCOCC1)N[C@H](c1cnc2ccccc2c1)C1CC(O)C1. The van der Waals surface area contributed by atoms with E-state index in [0.29, 0.717) is 6.42 Å². The van der Waals surface area contributed by atoms with Crippen LogP contribution in [0.5, 0.6) is 0 Å². The van der Waals surface area contributed by atoms with Gasteiger partial charge in [-0.05, 0) is 36.5 Å². The molecule has 1 aliphatic carbocycles. The zero-order valence-electron chi connectivity index (χ0n) is 15.5. The highest BCUT2D eigenvalue weighted by atomic mass is 16.5. The van der Waals surface area contributed by atoms with Crippen LogP contribution in [0.2, 0.25) is 0 Å². The normalized spacial score (nSPS) is 24.3. The first-order valence-corrected chi connectivity index (χ1v) is 9.81. The van der Waals surface area contributed by atoms with E-state index in [0.717, 1.165) is 62.2 Å². The summed E-state index contributed by atoms with van der Waals surface area (Å²) in [5.74, 6) is 0.316. The summed E-state index contributed by atoms with van der Waals surface area (Å²) in [6.07, 6.45) is 3.53. The van der Waals surface area contributed by atoms with E-state index < -0.39 is 0 Å². The fourth-order valence-electron chi connectivity index (χ4n) is 3.96. The minimum absolute atomic E-state index is 0.0565. The fourth-order valence-corrected chi connectivity index (χ4v) is 3.96. The molecule has 2 heterocycles. The maximum absolute atomic E-state index is 12.6. The van der Waals surface area contributed by atoms with Crippen LogP contribution >= 0.6 is 0 Å². The highest BCUT2D eigenvalue weighted by Gasteiger charge is 2.35. The topological polar surface area (TPSA) is 74.7 Å². The van der Waals surface area contributed by atoms with Gasteiger partial charge in [0.25, 0.3) is 0 Å². The lowest BCUT2D eigenvalue weighted by Gasteiger charge is -2.38. The van der Waals surface area contributed by atoms with E-state index in [1.807, 2.05) is 30.5 Å². The van der Waals surface area contributed by atoms with Gasteiger partial charge in [-0.15, -0.1) is 0 Å². The number of nitrogens with one attached hydrogen (secondary N) is 1. The molecule has 144 valence electrons. The molecule has 2 N–H and O–H groups in total. The molecule has 6 nitrogen and oxygen atoms in total. The Hall–Kier alpha value is -2.02. The van der Waals surface area contributed by atoms with Crippen LogP contribution in [0.25, 0.3) is 10.9 Å². The van der Waals surface area contributed by atoms with Crippen LogP contribution in [0.4, 0.5) is 0 Å². The number of nitrogens with zero attached hydrogens (tertiary/aromatic N) is 2. The average molecular weight is 369 g/mol. The van der Waals surface area contributed by atoms with Crippen LogP contribution in [0, 0.1) is 5.92 Å². The molecular weight excluding hydrogens is 342 g/mol. The minimum Gasteiger partial charge on any atom is -0.393 e. The van der Waals surface area contributed by atoms with Crippen molar-refractivity contribution in [2.24, 2.45) is 5.92 Å². The van der Waals surface area contributed by atoms with E-state index in [-0.39, 0.29) is 24.0 Å². The Kier molecular flexibility index (Phi) is 5.66. The van der Waals surface area contributed by atoms with Crippen LogP contribution in [-0.4, -0.2) is 59.8 Å². The second-order valence-corrected chi connectivity index (χ2v) is 7.60. The number of para-hydroxylation sites is 1. The highest BCUT2D eigenvalue weighted by molar-refractivity contribution is 5.80. The fraction of sp³-hybridized carbons (Fsp3) is 0.524. The molecule has 0 bridgehead atoms. The summed E-state index contributed by atoms with van der Waals surface area (Å²) in [7, 11) is 0. The predicted molar refractivity (Wildman–Crippen MR) is 103 cm³/mol. The number of hydrogen-bond acceptors (Lipinski definition) is 5. The molecule has 1 amide bonds. The Labute approximate surface area is 159 Å². The van der Waals surface area contributed by atoms with Gasteiger partial charge in [-0.2, -0.15) is 0 Å². The van der Waals surface area contributed by atoms with Crippen LogP contribution in [0.3, 0.4) is 0 Å². The second-order valence-electron chi connectivity index (χ2n) is 7.60. The number of aliphatic hydroxyl groups excluding tert-OH is 1. The van der Waals surface area contributed by atoms with Crippen LogP contribution in [-0.2, 0) is 9.53 Å². The smallest absolute Gasteiger partial charge is 0.221 e. The third kappa shape index (κ3) is 4.46. The molecule has 1 saturated carbocycles. The number of benzene rings is 1. The molecule has 2 aliphatic rings. The summed E-state index contributed by atoms with van der Waals surface area (Å²) in [6.45, 7) is 4.02. The number of aromatic nitrogens is 1. The molecule has 4 rings (SSSR count). The molecule has 6 heteroatoms. The molecule has 1 aromatic heterocycles. The lowest BCUT2D eigenvalue weighted by Crippen LogP contribution is -2.43. The van der Waals surface area contributed by atoms with Gasteiger partial charge in [0.05, 0.1) is 30.9 Å². The Morgan fingerprint density at radius 2 is 2.07 bits per heavy atom. The number of amides is 1. The first-order chi connectivity index (χ1) is 13.2. The summed E-state index contributed by atoms with van der Waals surface area (Å²) >= 11 is 0. The van der Waals surface area contributed by atoms with E-state index in [9.17, 15) is 9.90 Å². The number of rotatable bonds is 6. The molecule has 1 atom stereocenters. The van der Waals surface area contributed by atoms with Crippen molar-refractivity contribution in [3.63, 3.8) is 0 Å². The first-order valence-electron chi connectivity index (χ1n) is 9.81. The summed E-state index contributed by atoms with van der Waals surface area (Å²) in [4.78, 5) is 19.4. The third-order valence-corrected chi connectivity index (χ3v) is 5.67. The van der Waals surface area contributed by atoms with E-state index in [1.165, 1.54) is 0 Å². The molecule has 2 aromatic rings. The average Bonchev–Trinajstić information content (AvgIpc) is 2.69. The van der Waals surface area contributed by atoms with Crippen molar-refractivity contribution in [3.8, 4) is 0 Å². The minimum atomic E-state index is -0.254. The summed E-state index contributed by atoms with van der Waals surface area (Å²) in [5.41, 5.74) is 1.97. The van der Waals surface area contributed by atoms with Crippen molar-refractivity contribution in [2.45, 2.75) is 31.4 Å². The Balaban J connectivity index is 1.44. The van der Waals surface area contributed by atoms with Crippen molar-refractivity contribution in [3.05, 3.63) is 42.1 Å². The number of fused-ring (bicyclic) bond motifs is 1. The summed E-state index contributed by atoms with van der Waals surface area (Å²) < 4.78 is 5.35.